The predicted octanol–water partition coefficient (Wildman–Crippen LogP) is 1.33. The third-order valence-electron chi connectivity index (χ3n) is 3.71. The van der Waals surface area contributed by atoms with Gasteiger partial charge >= 0.3 is 0 Å². The van der Waals surface area contributed by atoms with Crippen LogP contribution in [0.2, 0.25) is 0 Å². The van der Waals surface area contributed by atoms with Crippen LogP contribution in [0.1, 0.15) is 28.5 Å². The van der Waals surface area contributed by atoms with Gasteiger partial charge in [0.2, 0.25) is 5.91 Å². The number of anilines is 1. The smallest absolute Gasteiger partial charge is 0.254 e. The van der Waals surface area contributed by atoms with E-state index >= 15 is 0 Å². The Balaban J connectivity index is 1.77. The molecule has 2 amide bonds. The van der Waals surface area contributed by atoms with Crippen LogP contribution >= 0.6 is 11.8 Å². The average molecular weight is 344 g/mol. The highest BCUT2D eigenvalue weighted by atomic mass is 32.2. The topological polar surface area (TPSA) is 107 Å². The Labute approximate surface area is 142 Å². The molecule has 1 aliphatic rings. The molecule has 0 spiro atoms. The number of fused-ring (bicyclic) bond motifs is 1. The molecule has 1 aliphatic heterocycles. The summed E-state index contributed by atoms with van der Waals surface area (Å²) in [6.45, 7) is 1.77. The summed E-state index contributed by atoms with van der Waals surface area (Å²) in [5.74, 6) is -0.283. The highest BCUT2D eigenvalue weighted by Gasteiger charge is 2.27. The summed E-state index contributed by atoms with van der Waals surface area (Å²) in [5.41, 5.74) is 6.44. The first-order valence-corrected chi connectivity index (χ1v) is 8.36. The number of aryl methyl sites for hydroxylation is 1. The fourth-order valence-corrected chi connectivity index (χ4v) is 3.83. The molecular formula is C16H16N4O3S. The summed E-state index contributed by atoms with van der Waals surface area (Å²) in [6.07, 6.45) is 0.123. The second kappa shape index (κ2) is 6.48. The lowest BCUT2D eigenvalue weighted by molar-refractivity contribution is -0.116. The number of amides is 2. The molecule has 8 heteroatoms. The van der Waals surface area contributed by atoms with Gasteiger partial charge in [-0.1, -0.05) is 23.9 Å². The van der Waals surface area contributed by atoms with Crippen molar-refractivity contribution in [2.45, 2.75) is 24.5 Å². The Kier molecular flexibility index (Phi) is 4.39. The molecule has 0 aliphatic carbocycles. The van der Waals surface area contributed by atoms with Gasteiger partial charge in [-0.05, 0) is 19.1 Å². The second-order valence-corrected chi connectivity index (χ2v) is 6.50. The fourth-order valence-electron chi connectivity index (χ4n) is 2.64. The summed E-state index contributed by atoms with van der Waals surface area (Å²) >= 11 is 1.46. The van der Waals surface area contributed by atoms with Gasteiger partial charge in [-0.25, -0.2) is 4.98 Å². The van der Waals surface area contributed by atoms with E-state index in [1.54, 1.807) is 35.8 Å². The number of nitrogens with zero attached hydrogens (tertiary/aromatic N) is 2. The zero-order valence-electron chi connectivity index (χ0n) is 13.0. The van der Waals surface area contributed by atoms with Crippen molar-refractivity contribution in [1.82, 2.24) is 9.55 Å². The van der Waals surface area contributed by atoms with Crippen molar-refractivity contribution in [3.63, 3.8) is 0 Å². The molecule has 3 rings (SSSR count). The van der Waals surface area contributed by atoms with Gasteiger partial charge in [-0.2, -0.15) is 0 Å². The van der Waals surface area contributed by atoms with Crippen LogP contribution in [0.3, 0.4) is 0 Å². The monoisotopic (exact) mass is 344 g/mol. The van der Waals surface area contributed by atoms with Gasteiger partial charge < -0.3 is 11.1 Å². The molecule has 3 N–H and O–H groups in total. The molecule has 1 atom stereocenters. The maximum atomic E-state index is 12.3. The van der Waals surface area contributed by atoms with E-state index in [0.29, 0.717) is 22.3 Å². The lowest BCUT2D eigenvalue weighted by Crippen LogP contribution is -2.28. The molecule has 1 aromatic heterocycles. The Morgan fingerprint density at radius 2 is 2.17 bits per heavy atom. The number of primary amides is 1. The number of aromatic nitrogens is 2. The molecule has 0 saturated carbocycles. The number of para-hydroxylation sites is 1. The van der Waals surface area contributed by atoms with E-state index in [-0.39, 0.29) is 29.5 Å². The minimum absolute atomic E-state index is 0.123. The first-order valence-electron chi connectivity index (χ1n) is 7.37. The van der Waals surface area contributed by atoms with Crippen molar-refractivity contribution in [3.05, 3.63) is 51.9 Å². The van der Waals surface area contributed by atoms with E-state index in [2.05, 4.69) is 10.3 Å². The van der Waals surface area contributed by atoms with Gasteiger partial charge in [0.05, 0.1) is 17.3 Å². The summed E-state index contributed by atoms with van der Waals surface area (Å²) in [7, 11) is 0. The highest BCUT2D eigenvalue weighted by molar-refractivity contribution is 7.99. The average Bonchev–Trinajstić information content (AvgIpc) is 2.90. The van der Waals surface area contributed by atoms with E-state index in [1.165, 1.54) is 17.8 Å². The van der Waals surface area contributed by atoms with Crippen LogP contribution in [0.15, 0.2) is 40.3 Å². The molecular weight excluding hydrogens is 328 g/mol. The lowest BCUT2D eigenvalue weighted by Gasteiger charge is -2.14. The van der Waals surface area contributed by atoms with E-state index in [9.17, 15) is 14.4 Å². The predicted molar refractivity (Wildman–Crippen MR) is 91.2 cm³/mol. The first-order chi connectivity index (χ1) is 11.5. The first kappa shape index (κ1) is 16.3. The number of carbonyl (C=O) groups is 2. The Hall–Kier alpha value is -2.61. The number of hydrogen-bond donors (Lipinski definition) is 2. The Bertz CT molecular complexity index is 878. The van der Waals surface area contributed by atoms with Gasteiger partial charge in [-0.15, -0.1) is 0 Å². The molecule has 0 bridgehead atoms. The van der Waals surface area contributed by atoms with Crippen LogP contribution in [-0.4, -0.2) is 27.1 Å². The zero-order valence-corrected chi connectivity index (χ0v) is 13.8. The number of thioether (sulfide) groups is 1. The van der Waals surface area contributed by atoms with Crippen molar-refractivity contribution in [2.24, 2.45) is 5.73 Å². The molecule has 0 saturated heterocycles. The third kappa shape index (κ3) is 3.18. The van der Waals surface area contributed by atoms with E-state index in [1.807, 2.05) is 0 Å². The van der Waals surface area contributed by atoms with Crippen molar-refractivity contribution in [2.75, 3.05) is 11.1 Å². The fraction of sp³-hybridized carbons (Fsp3) is 0.250. The van der Waals surface area contributed by atoms with Gasteiger partial charge in [0.15, 0.2) is 5.16 Å². The molecule has 24 heavy (non-hydrogen) atoms. The molecule has 7 nitrogen and oxygen atoms in total. The van der Waals surface area contributed by atoms with Gasteiger partial charge in [0, 0.05) is 23.9 Å². The minimum Gasteiger partial charge on any atom is -0.366 e. The molecule has 0 unspecified atom stereocenters. The van der Waals surface area contributed by atoms with Crippen LogP contribution in [-0.2, 0) is 4.79 Å². The summed E-state index contributed by atoms with van der Waals surface area (Å²) < 4.78 is 1.55. The molecule has 2 aromatic rings. The molecule has 124 valence electrons. The molecule has 0 radical (unpaired) electrons. The second-order valence-electron chi connectivity index (χ2n) is 5.52. The minimum atomic E-state index is -0.608. The number of hydrogen-bond acceptors (Lipinski definition) is 5. The summed E-state index contributed by atoms with van der Waals surface area (Å²) in [4.78, 5) is 40.2. The molecule has 1 aromatic carbocycles. The Morgan fingerprint density at radius 3 is 2.92 bits per heavy atom. The highest BCUT2D eigenvalue weighted by Crippen LogP contribution is 2.32. The van der Waals surface area contributed by atoms with Gasteiger partial charge in [0.1, 0.15) is 0 Å². The third-order valence-corrected chi connectivity index (χ3v) is 4.80. The van der Waals surface area contributed by atoms with E-state index in [4.69, 9.17) is 5.73 Å². The SMILES string of the molecule is Cc1cc(=O)n2c(n1)SC[C@H]2CC(=O)Nc1ccccc1C(N)=O. The normalized spacial score (nSPS) is 15.8. The standard InChI is InChI=1S/C16H16N4O3S/c1-9-6-14(22)20-10(8-24-16(20)18-9)7-13(21)19-12-5-3-2-4-11(12)15(17)23/h2-6,10H,7-8H2,1H3,(H2,17,23)(H,19,21)/t10-/m1/s1. The van der Waals surface area contributed by atoms with Crippen LogP contribution < -0.4 is 16.6 Å². The molecule has 2 heterocycles. The Morgan fingerprint density at radius 1 is 1.42 bits per heavy atom. The van der Waals surface area contributed by atoms with Crippen molar-refractivity contribution >= 4 is 29.3 Å². The molecule has 0 fully saturated rings. The van der Waals surface area contributed by atoms with Crippen LogP contribution in [0, 0.1) is 6.92 Å². The zero-order chi connectivity index (χ0) is 17.3. The summed E-state index contributed by atoms with van der Waals surface area (Å²) in [6, 6.07) is 7.75. The number of nitrogens with one attached hydrogen (secondary N) is 1. The maximum Gasteiger partial charge on any atom is 0.254 e. The number of nitrogens with two attached hydrogens (primary N) is 1. The maximum absolute atomic E-state index is 12.3. The van der Waals surface area contributed by atoms with Crippen molar-refractivity contribution in [1.29, 1.82) is 0 Å². The van der Waals surface area contributed by atoms with Crippen LogP contribution in [0.4, 0.5) is 5.69 Å². The van der Waals surface area contributed by atoms with Crippen LogP contribution in [0.5, 0.6) is 0 Å². The number of rotatable bonds is 4. The number of carbonyl (C=O) groups excluding carboxylic acids is 2. The van der Waals surface area contributed by atoms with Crippen LogP contribution in [0.25, 0.3) is 0 Å². The lowest BCUT2D eigenvalue weighted by atomic mass is 10.1. The largest absolute Gasteiger partial charge is 0.366 e. The van der Waals surface area contributed by atoms with Gasteiger partial charge in [-0.3, -0.25) is 19.0 Å². The van der Waals surface area contributed by atoms with Crippen molar-refractivity contribution < 1.29 is 9.59 Å². The van der Waals surface area contributed by atoms with Gasteiger partial charge in [0.25, 0.3) is 11.5 Å². The van der Waals surface area contributed by atoms with E-state index < -0.39 is 5.91 Å². The number of benzene rings is 1. The quantitative estimate of drug-likeness (QED) is 0.814. The summed E-state index contributed by atoms with van der Waals surface area (Å²) in [5, 5.41) is 3.33. The van der Waals surface area contributed by atoms with Crippen molar-refractivity contribution in [3.8, 4) is 0 Å². The van der Waals surface area contributed by atoms with E-state index in [0.717, 1.165) is 0 Å².